The molecule has 0 saturated carbocycles. The van der Waals surface area contributed by atoms with E-state index in [2.05, 4.69) is 11.1 Å². The normalized spacial score (nSPS) is 11.7. The van der Waals surface area contributed by atoms with Crippen LogP contribution in [0.5, 0.6) is 0 Å². The highest BCUT2D eigenvalue weighted by Gasteiger charge is 2.19. The predicted octanol–water partition coefficient (Wildman–Crippen LogP) is 1.74. The molecule has 1 radical (unpaired) electrons. The van der Waals surface area contributed by atoms with Gasteiger partial charge < -0.3 is 0 Å². The minimum Gasteiger partial charge on any atom is -0.265 e. The number of hydrogen-bond donors (Lipinski definition) is 0. The second kappa shape index (κ2) is 5.95. The van der Waals surface area contributed by atoms with Gasteiger partial charge in [0.25, 0.3) is 0 Å². The first kappa shape index (κ1) is 13.7. The molecule has 0 amide bonds. The first-order chi connectivity index (χ1) is 9.10. The smallest absolute Gasteiger partial charge is 0.243 e. The molecule has 0 aliphatic heterocycles. The molecule has 0 unspecified atom stereocenters. The van der Waals surface area contributed by atoms with Crippen molar-refractivity contribution in [3.8, 4) is 0 Å². The van der Waals surface area contributed by atoms with Crippen LogP contribution in [0.4, 0.5) is 0 Å². The van der Waals surface area contributed by atoms with Gasteiger partial charge in [-0.1, -0.05) is 18.2 Å². The molecular formula is C14H15N2O2S. The third-order valence-electron chi connectivity index (χ3n) is 2.83. The molecule has 1 aromatic heterocycles. The van der Waals surface area contributed by atoms with E-state index in [9.17, 15) is 8.42 Å². The molecule has 0 bridgehead atoms. The van der Waals surface area contributed by atoms with E-state index in [-0.39, 0.29) is 4.90 Å². The van der Waals surface area contributed by atoms with Gasteiger partial charge in [0.2, 0.25) is 10.0 Å². The first-order valence-corrected chi connectivity index (χ1v) is 7.36. The average molecular weight is 275 g/mol. The van der Waals surface area contributed by atoms with Gasteiger partial charge in [0.1, 0.15) is 0 Å². The lowest BCUT2D eigenvalue weighted by molar-refractivity contribution is 0.472. The number of benzene rings is 1. The topological polar surface area (TPSA) is 50.3 Å². The van der Waals surface area contributed by atoms with Crippen LogP contribution in [-0.2, 0) is 16.4 Å². The molecular weight excluding hydrogens is 260 g/mol. The maximum atomic E-state index is 12.2. The highest BCUT2D eigenvalue weighted by atomic mass is 32.2. The summed E-state index contributed by atoms with van der Waals surface area (Å²) < 4.78 is 25.8. The third-order valence-corrected chi connectivity index (χ3v) is 4.65. The molecule has 0 saturated heterocycles. The fourth-order valence-electron chi connectivity index (χ4n) is 1.66. The largest absolute Gasteiger partial charge is 0.265 e. The molecule has 99 valence electrons. The van der Waals surface area contributed by atoms with Crippen molar-refractivity contribution in [2.24, 2.45) is 0 Å². The van der Waals surface area contributed by atoms with Gasteiger partial charge in [0.05, 0.1) is 4.90 Å². The van der Waals surface area contributed by atoms with Crippen molar-refractivity contribution >= 4 is 10.0 Å². The molecule has 1 aromatic carbocycles. The van der Waals surface area contributed by atoms with E-state index in [0.717, 1.165) is 5.56 Å². The zero-order valence-electron chi connectivity index (χ0n) is 10.7. The highest BCUT2D eigenvalue weighted by molar-refractivity contribution is 7.89. The van der Waals surface area contributed by atoms with Gasteiger partial charge in [0, 0.05) is 32.1 Å². The van der Waals surface area contributed by atoms with E-state index in [1.165, 1.54) is 4.31 Å². The van der Waals surface area contributed by atoms with Crippen LogP contribution in [-0.4, -0.2) is 31.3 Å². The van der Waals surface area contributed by atoms with Crippen LogP contribution in [0.15, 0.2) is 53.7 Å². The Balaban J connectivity index is 2.06. The summed E-state index contributed by atoms with van der Waals surface area (Å²) in [7, 11) is -1.87. The van der Waals surface area contributed by atoms with Crippen LogP contribution < -0.4 is 0 Å². The van der Waals surface area contributed by atoms with Crippen LogP contribution in [0.1, 0.15) is 5.56 Å². The molecule has 4 nitrogen and oxygen atoms in total. The van der Waals surface area contributed by atoms with Crippen LogP contribution >= 0.6 is 0 Å². The minimum atomic E-state index is -3.45. The monoisotopic (exact) mass is 275 g/mol. The van der Waals surface area contributed by atoms with Gasteiger partial charge >= 0.3 is 0 Å². The Morgan fingerprint density at radius 1 is 1.21 bits per heavy atom. The summed E-state index contributed by atoms with van der Waals surface area (Å²) in [5, 5.41) is 0. The Kier molecular flexibility index (Phi) is 4.29. The third kappa shape index (κ3) is 3.39. The predicted molar refractivity (Wildman–Crippen MR) is 73.0 cm³/mol. The summed E-state index contributed by atoms with van der Waals surface area (Å²) in [6, 6.07) is 13.1. The minimum absolute atomic E-state index is 0.201. The highest BCUT2D eigenvalue weighted by Crippen LogP contribution is 2.13. The number of likely N-dealkylation sites (N-methyl/N-ethyl adjacent to an activating group) is 1. The van der Waals surface area contributed by atoms with Crippen LogP contribution in [0, 0.1) is 6.07 Å². The summed E-state index contributed by atoms with van der Waals surface area (Å²) in [4.78, 5) is 4.13. The van der Waals surface area contributed by atoms with Gasteiger partial charge in [-0.05, 0) is 30.2 Å². The Morgan fingerprint density at radius 2 is 1.95 bits per heavy atom. The molecule has 0 aliphatic rings. The SMILES string of the molecule is CN(CCc1ccncc1)S(=O)(=O)c1[c]cccc1. The van der Waals surface area contributed by atoms with E-state index >= 15 is 0 Å². The maximum Gasteiger partial charge on any atom is 0.243 e. The van der Waals surface area contributed by atoms with Crippen molar-refractivity contribution in [1.82, 2.24) is 9.29 Å². The van der Waals surface area contributed by atoms with Crippen LogP contribution in [0.3, 0.4) is 0 Å². The van der Waals surface area contributed by atoms with E-state index in [1.54, 1.807) is 43.7 Å². The van der Waals surface area contributed by atoms with E-state index in [1.807, 2.05) is 12.1 Å². The Hall–Kier alpha value is -1.72. The van der Waals surface area contributed by atoms with Crippen molar-refractivity contribution in [2.75, 3.05) is 13.6 Å². The lowest BCUT2D eigenvalue weighted by atomic mass is 10.2. The van der Waals surface area contributed by atoms with Gasteiger partial charge in [-0.2, -0.15) is 0 Å². The Morgan fingerprint density at radius 3 is 2.58 bits per heavy atom. The van der Waals surface area contributed by atoms with Crippen molar-refractivity contribution in [2.45, 2.75) is 11.3 Å². The molecule has 0 spiro atoms. The molecule has 19 heavy (non-hydrogen) atoms. The Labute approximate surface area is 113 Å². The second-order valence-corrected chi connectivity index (χ2v) is 6.17. The molecule has 5 heteroatoms. The zero-order chi connectivity index (χ0) is 13.7. The second-order valence-electron chi connectivity index (χ2n) is 4.16. The number of hydrogen-bond acceptors (Lipinski definition) is 3. The number of aromatic nitrogens is 1. The lowest BCUT2D eigenvalue weighted by Crippen LogP contribution is -2.29. The molecule has 0 aliphatic carbocycles. The van der Waals surface area contributed by atoms with Crippen molar-refractivity contribution in [3.63, 3.8) is 0 Å². The van der Waals surface area contributed by atoms with Gasteiger partial charge in [-0.25, -0.2) is 12.7 Å². The summed E-state index contributed by atoms with van der Waals surface area (Å²) in [5.74, 6) is 0. The molecule has 0 N–H and O–H groups in total. The number of nitrogens with zero attached hydrogens (tertiary/aromatic N) is 2. The summed E-state index contributed by atoms with van der Waals surface area (Å²) >= 11 is 0. The quantitative estimate of drug-likeness (QED) is 0.835. The van der Waals surface area contributed by atoms with Crippen LogP contribution in [0.2, 0.25) is 0 Å². The average Bonchev–Trinajstić information content (AvgIpc) is 2.46. The van der Waals surface area contributed by atoms with E-state index < -0.39 is 10.0 Å². The summed E-state index contributed by atoms with van der Waals surface area (Å²) in [6.07, 6.45) is 4.06. The molecule has 0 atom stereocenters. The molecule has 2 rings (SSSR count). The van der Waals surface area contributed by atoms with Crippen molar-refractivity contribution < 1.29 is 8.42 Å². The zero-order valence-corrected chi connectivity index (χ0v) is 11.5. The molecule has 0 fully saturated rings. The van der Waals surface area contributed by atoms with Crippen molar-refractivity contribution in [1.29, 1.82) is 0 Å². The van der Waals surface area contributed by atoms with E-state index in [4.69, 9.17) is 0 Å². The summed E-state index contributed by atoms with van der Waals surface area (Å²) in [5.41, 5.74) is 1.06. The fraction of sp³-hybridized carbons (Fsp3) is 0.214. The van der Waals surface area contributed by atoms with E-state index in [0.29, 0.717) is 13.0 Å². The fourth-order valence-corrected chi connectivity index (χ4v) is 2.80. The number of pyridine rings is 1. The van der Waals surface area contributed by atoms with Gasteiger partial charge in [0.15, 0.2) is 0 Å². The molecule has 2 aromatic rings. The summed E-state index contributed by atoms with van der Waals surface area (Å²) in [6.45, 7) is 0.426. The first-order valence-electron chi connectivity index (χ1n) is 5.92. The van der Waals surface area contributed by atoms with Gasteiger partial charge in [-0.3, -0.25) is 4.98 Å². The van der Waals surface area contributed by atoms with Gasteiger partial charge in [-0.15, -0.1) is 0 Å². The van der Waals surface area contributed by atoms with Crippen molar-refractivity contribution in [3.05, 3.63) is 60.4 Å². The number of sulfonamides is 1. The Bertz CT molecular complexity index is 612. The maximum absolute atomic E-state index is 12.2. The lowest BCUT2D eigenvalue weighted by Gasteiger charge is -2.16. The van der Waals surface area contributed by atoms with Crippen LogP contribution in [0.25, 0.3) is 0 Å². The molecule has 1 heterocycles. The standard InChI is InChI=1S/C14H15N2O2S/c1-16(12-9-13-7-10-15-11-8-13)19(17,18)14-5-3-2-4-6-14/h2-5,7-8,10-11H,9,12H2,1H3. The number of rotatable bonds is 5.